The fourth-order valence-corrected chi connectivity index (χ4v) is 1.27. The molecule has 0 aromatic rings. The van der Waals surface area contributed by atoms with E-state index in [-0.39, 0.29) is 0 Å². The van der Waals surface area contributed by atoms with Crippen molar-refractivity contribution >= 4 is 34.3 Å². The topological polar surface area (TPSA) is 295 Å². The summed E-state index contributed by atoms with van der Waals surface area (Å²) >= 11 is 0. The van der Waals surface area contributed by atoms with E-state index in [0.29, 0.717) is 0 Å². The van der Waals surface area contributed by atoms with E-state index in [0.717, 1.165) is 0 Å². The van der Waals surface area contributed by atoms with Crippen molar-refractivity contribution in [3.63, 3.8) is 0 Å². The fourth-order valence-electron chi connectivity index (χ4n) is 1.27. The molecule has 0 aromatic heterocycles. The molecule has 2 rings (SSSR count). The molecular weight excluding hydrogens is 368 g/mol. The molecule has 17 heteroatoms. The van der Waals surface area contributed by atoms with Gasteiger partial charge in [0.2, 0.25) is 11.8 Å². The predicted octanol–water partition coefficient (Wildman–Crippen LogP) is -5.78. The molecule has 4 atom stereocenters. The third kappa shape index (κ3) is 9.46. The van der Waals surface area contributed by atoms with E-state index < -0.39 is 58.7 Å². The second-order valence-electron chi connectivity index (χ2n) is 4.48. The van der Waals surface area contributed by atoms with Crippen LogP contribution in [-0.2, 0) is 20.0 Å². The first-order chi connectivity index (χ1) is 11.2. The molecular formula is C8H18N8O8S. The first-order valence-electron chi connectivity index (χ1n) is 6.17. The molecule has 25 heavy (non-hydrogen) atoms. The molecule has 14 N–H and O–H groups in total. The van der Waals surface area contributed by atoms with Crippen LogP contribution in [0.3, 0.4) is 0 Å². The van der Waals surface area contributed by atoms with Crippen molar-refractivity contribution < 1.29 is 36.7 Å². The Kier molecular flexibility index (Phi) is 8.29. The molecule has 0 radical (unpaired) electrons. The van der Waals surface area contributed by atoms with E-state index in [1.165, 1.54) is 0 Å². The molecule has 0 saturated carbocycles. The van der Waals surface area contributed by atoms with Gasteiger partial charge in [-0.1, -0.05) is 0 Å². The number of nitrogens with two attached hydrogens (primary N) is 4. The second kappa shape index (κ2) is 9.17. The average molecular weight is 386 g/mol. The molecule has 0 spiro atoms. The van der Waals surface area contributed by atoms with Crippen molar-refractivity contribution in [1.29, 1.82) is 0 Å². The molecule has 2 fully saturated rings. The maximum absolute atomic E-state index is 10.6. The Labute approximate surface area is 140 Å². The maximum Gasteiger partial charge on any atom is 0.394 e. The number of carbonyl (C=O) groups excluding carboxylic acids is 4. The third-order valence-electron chi connectivity index (χ3n) is 2.45. The number of carbonyl (C=O) groups is 4. The first-order valence-corrected chi connectivity index (χ1v) is 7.57. The SMILES string of the molecule is NC1NC(=O)NC(=O)C1N.NC1NC(=O)NC(=O)C1N.O=S(=O)(O)O. The van der Waals surface area contributed by atoms with Gasteiger partial charge in [-0.3, -0.25) is 29.3 Å². The van der Waals surface area contributed by atoms with Gasteiger partial charge in [0.15, 0.2) is 0 Å². The Balaban J connectivity index is 0.000000368. The lowest BCUT2D eigenvalue weighted by atomic mass is 10.2. The Morgan fingerprint density at radius 2 is 0.960 bits per heavy atom. The largest absolute Gasteiger partial charge is 0.394 e. The Hall–Kier alpha value is -2.41. The van der Waals surface area contributed by atoms with Crippen LogP contribution < -0.4 is 44.2 Å². The van der Waals surface area contributed by atoms with Gasteiger partial charge in [0.1, 0.15) is 24.4 Å². The molecule has 0 aliphatic carbocycles. The van der Waals surface area contributed by atoms with Crippen LogP contribution in [0.15, 0.2) is 0 Å². The van der Waals surface area contributed by atoms with E-state index in [2.05, 4.69) is 10.6 Å². The summed E-state index contributed by atoms with van der Waals surface area (Å²) in [6.45, 7) is 0. The van der Waals surface area contributed by atoms with Crippen molar-refractivity contribution in [2.24, 2.45) is 22.9 Å². The molecule has 6 amide bonds. The summed E-state index contributed by atoms with van der Waals surface area (Å²) in [4.78, 5) is 42.2. The van der Waals surface area contributed by atoms with Crippen LogP contribution in [0.2, 0.25) is 0 Å². The Morgan fingerprint density at radius 3 is 1.16 bits per heavy atom. The number of hydrogen-bond acceptors (Lipinski definition) is 10. The fraction of sp³-hybridized carbons (Fsp3) is 0.500. The Morgan fingerprint density at radius 1 is 0.720 bits per heavy atom. The third-order valence-corrected chi connectivity index (χ3v) is 2.45. The smallest absolute Gasteiger partial charge is 0.321 e. The molecule has 4 unspecified atom stereocenters. The van der Waals surface area contributed by atoms with Crippen LogP contribution in [0, 0.1) is 0 Å². The van der Waals surface area contributed by atoms with Crippen molar-refractivity contribution in [2.75, 3.05) is 0 Å². The van der Waals surface area contributed by atoms with E-state index in [1.807, 2.05) is 10.6 Å². The van der Waals surface area contributed by atoms with Crippen LogP contribution in [0.4, 0.5) is 9.59 Å². The standard InChI is InChI=1S/2C4H8N4O2.H2O4S/c2*5-1-2(6)7-4(10)8-3(1)9;1-5(2,3)4/h2*1-2H,5-6H2,(H2,7,8,9,10);(H2,1,2,3,4). The molecule has 2 saturated heterocycles. The minimum atomic E-state index is -4.67. The predicted molar refractivity (Wildman–Crippen MR) is 79.4 cm³/mol. The summed E-state index contributed by atoms with van der Waals surface area (Å²) in [6, 6.07) is -2.89. The van der Waals surface area contributed by atoms with E-state index >= 15 is 0 Å². The quantitative estimate of drug-likeness (QED) is 0.174. The number of imide groups is 2. The molecule has 2 heterocycles. The maximum atomic E-state index is 10.6. The normalized spacial score (nSPS) is 28.7. The van der Waals surface area contributed by atoms with Gasteiger partial charge in [-0.25, -0.2) is 9.59 Å². The molecule has 16 nitrogen and oxygen atoms in total. The van der Waals surface area contributed by atoms with Crippen molar-refractivity contribution in [1.82, 2.24) is 21.3 Å². The summed E-state index contributed by atoms with van der Waals surface area (Å²) in [5.41, 5.74) is 20.9. The lowest BCUT2D eigenvalue weighted by molar-refractivity contribution is -0.123. The summed E-state index contributed by atoms with van der Waals surface area (Å²) < 4.78 is 31.6. The van der Waals surface area contributed by atoms with Crippen LogP contribution in [0.1, 0.15) is 0 Å². The van der Waals surface area contributed by atoms with E-state index in [1.54, 1.807) is 0 Å². The molecule has 2 aliphatic heterocycles. The summed E-state index contributed by atoms with van der Waals surface area (Å²) in [5, 5.41) is 8.41. The zero-order chi connectivity index (χ0) is 19.9. The average Bonchev–Trinajstić information content (AvgIpc) is 2.40. The zero-order valence-electron chi connectivity index (χ0n) is 12.4. The summed E-state index contributed by atoms with van der Waals surface area (Å²) in [5.74, 6) is -1.09. The lowest BCUT2D eigenvalue weighted by Crippen LogP contribution is -2.67. The van der Waals surface area contributed by atoms with Crippen LogP contribution in [0.25, 0.3) is 0 Å². The molecule has 2 aliphatic rings. The van der Waals surface area contributed by atoms with Gasteiger partial charge in [0.05, 0.1) is 0 Å². The number of rotatable bonds is 0. The number of urea groups is 2. The summed E-state index contributed by atoms with van der Waals surface area (Å²) in [6.07, 6.45) is -1.55. The highest BCUT2D eigenvalue weighted by Gasteiger charge is 2.30. The number of amides is 6. The van der Waals surface area contributed by atoms with Gasteiger partial charge in [-0.15, -0.1) is 0 Å². The highest BCUT2D eigenvalue weighted by atomic mass is 32.3. The van der Waals surface area contributed by atoms with Gasteiger partial charge in [0.25, 0.3) is 0 Å². The van der Waals surface area contributed by atoms with Gasteiger partial charge >= 0.3 is 22.5 Å². The summed E-state index contributed by atoms with van der Waals surface area (Å²) in [7, 11) is -4.67. The second-order valence-corrected chi connectivity index (χ2v) is 5.37. The van der Waals surface area contributed by atoms with Gasteiger partial charge in [-0.05, 0) is 0 Å². The lowest BCUT2D eigenvalue weighted by Gasteiger charge is -2.24. The van der Waals surface area contributed by atoms with Gasteiger partial charge in [-0.2, -0.15) is 8.42 Å². The van der Waals surface area contributed by atoms with Gasteiger partial charge in [0, 0.05) is 0 Å². The van der Waals surface area contributed by atoms with Crippen molar-refractivity contribution in [2.45, 2.75) is 24.4 Å². The van der Waals surface area contributed by atoms with Crippen LogP contribution >= 0.6 is 0 Å². The minimum absolute atomic E-state index is 0.545. The molecule has 144 valence electrons. The Bertz CT molecular complexity index is 590. The number of hydrogen-bond donors (Lipinski definition) is 10. The zero-order valence-corrected chi connectivity index (χ0v) is 13.2. The van der Waals surface area contributed by atoms with Gasteiger partial charge < -0.3 is 33.6 Å². The van der Waals surface area contributed by atoms with Crippen LogP contribution in [-0.4, -0.2) is 65.8 Å². The highest BCUT2D eigenvalue weighted by Crippen LogP contribution is 1.90. The van der Waals surface area contributed by atoms with Crippen LogP contribution in [0.5, 0.6) is 0 Å². The van der Waals surface area contributed by atoms with E-state index in [4.69, 9.17) is 40.5 Å². The number of nitrogens with one attached hydrogen (secondary N) is 4. The molecule has 0 bridgehead atoms. The minimum Gasteiger partial charge on any atom is -0.321 e. The molecule has 0 aromatic carbocycles. The first kappa shape index (κ1) is 22.6. The van der Waals surface area contributed by atoms with Crippen molar-refractivity contribution in [3.8, 4) is 0 Å². The van der Waals surface area contributed by atoms with Crippen molar-refractivity contribution in [3.05, 3.63) is 0 Å². The monoisotopic (exact) mass is 386 g/mol. The van der Waals surface area contributed by atoms with E-state index in [9.17, 15) is 19.2 Å². The highest BCUT2D eigenvalue weighted by molar-refractivity contribution is 7.79.